The van der Waals surface area contributed by atoms with Crippen molar-refractivity contribution >= 4 is 12.4 Å². The van der Waals surface area contributed by atoms with Crippen molar-refractivity contribution in [3.8, 4) is 0 Å². The van der Waals surface area contributed by atoms with E-state index in [1.54, 1.807) is 4.90 Å². The molecule has 84 valence electrons. The van der Waals surface area contributed by atoms with Crippen LogP contribution in [-0.2, 0) is 9.53 Å². The Balaban J connectivity index is 2.05. The first-order valence-electron chi connectivity index (χ1n) is 5.36. The third-order valence-electron chi connectivity index (χ3n) is 3.14. The van der Waals surface area contributed by atoms with Gasteiger partial charge in [-0.2, -0.15) is 0 Å². The Kier molecular flexibility index (Phi) is 2.07. The number of carbonyl (C=O) groups is 2. The second-order valence-electron chi connectivity index (χ2n) is 5.43. The molecule has 2 atom stereocenters. The summed E-state index contributed by atoms with van der Waals surface area (Å²) in [6.07, 6.45) is 2.30. The number of fused-ring (bicyclic) bond motifs is 1. The topological polar surface area (TPSA) is 46.6 Å². The van der Waals surface area contributed by atoms with Gasteiger partial charge in [-0.3, -0.25) is 4.90 Å². The number of amides is 1. The zero-order valence-electron chi connectivity index (χ0n) is 9.45. The van der Waals surface area contributed by atoms with Crippen molar-refractivity contribution in [2.75, 3.05) is 6.54 Å². The molecule has 4 nitrogen and oxygen atoms in total. The molecule has 0 N–H and O–H groups in total. The van der Waals surface area contributed by atoms with Crippen molar-refractivity contribution in [2.45, 2.75) is 44.8 Å². The SMILES string of the molecule is CC(C)(C)OC(=O)N1CC[C@@H]2C[C@@]21C=O. The number of hydrogen-bond acceptors (Lipinski definition) is 3. The third kappa shape index (κ3) is 1.62. The first-order chi connectivity index (χ1) is 6.89. The van der Waals surface area contributed by atoms with Gasteiger partial charge in [-0.05, 0) is 39.5 Å². The van der Waals surface area contributed by atoms with E-state index in [0.717, 1.165) is 19.1 Å². The Morgan fingerprint density at radius 3 is 2.67 bits per heavy atom. The Morgan fingerprint density at radius 1 is 1.53 bits per heavy atom. The number of hydrogen-bond donors (Lipinski definition) is 0. The molecule has 1 saturated heterocycles. The van der Waals surface area contributed by atoms with Crippen LogP contribution in [0.4, 0.5) is 4.79 Å². The van der Waals surface area contributed by atoms with Gasteiger partial charge in [-0.15, -0.1) is 0 Å². The summed E-state index contributed by atoms with van der Waals surface area (Å²) in [4.78, 5) is 24.4. The Bertz CT molecular complexity index is 307. The van der Waals surface area contributed by atoms with Crippen molar-refractivity contribution < 1.29 is 14.3 Å². The van der Waals surface area contributed by atoms with Crippen LogP contribution in [0, 0.1) is 5.92 Å². The summed E-state index contributed by atoms with van der Waals surface area (Å²) in [5, 5.41) is 0. The number of nitrogens with zero attached hydrogens (tertiary/aromatic N) is 1. The molecular formula is C11H17NO3. The van der Waals surface area contributed by atoms with E-state index in [1.165, 1.54) is 0 Å². The van der Waals surface area contributed by atoms with Crippen LogP contribution in [0.25, 0.3) is 0 Å². The molecule has 2 rings (SSSR count). The van der Waals surface area contributed by atoms with Gasteiger partial charge >= 0.3 is 6.09 Å². The van der Waals surface area contributed by atoms with Gasteiger partial charge < -0.3 is 9.53 Å². The molecule has 0 radical (unpaired) electrons. The molecule has 1 saturated carbocycles. The summed E-state index contributed by atoms with van der Waals surface area (Å²) in [6, 6.07) is 0. The Labute approximate surface area is 89.6 Å². The lowest BCUT2D eigenvalue weighted by Crippen LogP contribution is -2.44. The molecule has 1 amide bonds. The zero-order chi connectivity index (χ0) is 11.3. The summed E-state index contributed by atoms with van der Waals surface area (Å²) in [6.45, 7) is 6.15. The van der Waals surface area contributed by atoms with E-state index < -0.39 is 11.1 Å². The molecule has 1 aliphatic carbocycles. The van der Waals surface area contributed by atoms with Gasteiger partial charge in [0.1, 0.15) is 17.4 Å². The van der Waals surface area contributed by atoms with Crippen LogP contribution >= 0.6 is 0 Å². The summed E-state index contributed by atoms with van der Waals surface area (Å²) >= 11 is 0. The van der Waals surface area contributed by atoms with Crippen LogP contribution < -0.4 is 0 Å². The summed E-state index contributed by atoms with van der Waals surface area (Å²) < 4.78 is 5.27. The molecule has 0 spiro atoms. The zero-order valence-corrected chi connectivity index (χ0v) is 9.45. The molecule has 2 aliphatic rings. The lowest BCUT2D eigenvalue weighted by atomic mass is 10.2. The smallest absolute Gasteiger partial charge is 0.411 e. The number of aldehydes is 1. The minimum Gasteiger partial charge on any atom is -0.444 e. The monoisotopic (exact) mass is 211 g/mol. The molecule has 4 heteroatoms. The highest BCUT2D eigenvalue weighted by Crippen LogP contribution is 2.54. The maximum Gasteiger partial charge on any atom is 0.411 e. The Morgan fingerprint density at radius 2 is 2.20 bits per heavy atom. The Hall–Kier alpha value is -1.06. The van der Waals surface area contributed by atoms with Crippen LogP contribution in [0.3, 0.4) is 0 Å². The third-order valence-corrected chi connectivity index (χ3v) is 3.14. The largest absolute Gasteiger partial charge is 0.444 e. The molecule has 0 aromatic rings. The second kappa shape index (κ2) is 2.97. The quantitative estimate of drug-likeness (QED) is 0.619. The molecule has 15 heavy (non-hydrogen) atoms. The van der Waals surface area contributed by atoms with Gasteiger partial charge in [0, 0.05) is 6.54 Å². The highest BCUT2D eigenvalue weighted by molar-refractivity contribution is 5.81. The van der Waals surface area contributed by atoms with E-state index in [-0.39, 0.29) is 6.09 Å². The van der Waals surface area contributed by atoms with Gasteiger partial charge in [0.05, 0.1) is 0 Å². The highest BCUT2D eigenvalue weighted by atomic mass is 16.6. The molecule has 1 heterocycles. The predicted octanol–water partition coefficient (Wildman–Crippen LogP) is 1.58. The van der Waals surface area contributed by atoms with E-state index in [9.17, 15) is 9.59 Å². The lowest BCUT2D eigenvalue weighted by molar-refractivity contribution is -0.113. The van der Waals surface area contributed by atoms with Crippen LogP contribution in [-0.4, -0.2) is 35.0 Å². The average molecular weight is 211 g/mol. The number of likely N-dealkylation sites (tertiary alicyclic amines) is 1. The molecule has 1 aliphatic heterocycles. The first kappa shape index (κ1) is 10.5. The molecule has 0 aromatic heterocycles. The van der Waals surface area contributed by atoms with Crippen LogP contribution in [0.5, 0.6) is 0 Å². The maximum atomic E-state index is 11.8. The molecule has 0 bridgehead atoms. The van der Waals surface area contributed by atoms with Crippen molar-refractivity contribution in [1.29, 1.82) is 0 Å². The van der Waals surface area contributed by atoms with Crippen LogP contribution in [0.2, 0.25) is 0 Å². The lowest BCUT2D eigenvalue weighted by Gasteiger charge is -2.28. The second-order valence-corrected chi connectivity index (χ2v) is 5.43. The molecule has 0 unspecified atom stereocenters. The number of carbonyl (C=O) groups excluding carboxylic acids is 2. The fourth-order valence-corrected chi connectivity index (χ4v) is 2.30. The molecule has 0 aromatic carbocycles. The van der Waals surface area contributed by atoms with Gasteiger partial charge in [-0.1, -0.05) is 0 Å². The van der Waals surface area contributed by atoms with E-state index in [2.05, 4.69) is 0 Å². The first-order valence-corrected chi connectivity index (χ1v) is 5.36. The van der Waals surface area contributed by atoms with Crippen molar-refractivity contribution in [3.05, 3.63) is 0 Å². The number of piperidine rings is 1. The fourth-order valence-electron chi connectivity index (χ4n) is 2.30. The number of rotatable bonds is 1. The predicted molar refractivity (Wildman–Crippen MR) is 54.5 cm³/mol. The average Bonchev–Trinajstić information content (AvgIpc) is 2.70. The van der Waals surface area contributed by atoms with E-state index in [4.69, 9.17) is 4.74 Å². The van der Waals surface area contributed by atoms with Crippen LogP contribution in [0.1, 0.15) is 33.6 Å². The standard InChI is InChI=1S/C11H17NO3/c1-10(2,3)15-9(14)12-5-4-8-6-11(8,12)7-13/h7-8H,4-6H2,1-3H3/t8-,11-/m1/s1. The minimum absolute atomic E-state index is 0.352. The summed E-state index contributed by atoms with van der Waals surface area (Å²) in [7, 11) is 0. The van der Waals surface area contributed by atoms with Gasteiger partial charge in [0.15, 0.2) is 0 Å². The van der Waals surface area contributed by atoms with Gasteiger partial charge in [0.2, 0.25) is 0 Å². The van der Waals surface area contributed by atoms with E-state index in [1.807, 2.05) is 20.8 Å². The minimum atomic E-state index is -0.512. The fraction of sp³-hybridized carbons (Fsp3) is 0.818. The summed E-state index contributed by atoms with van der Waals surface area (Å²) in [5.41, 5.74) is -1.00. The normalized spacial score (nSPS) is 33.5. The molecular weight excluding hydrogens is 194 g/mol. The van der Waals surface area contributed by atoms with Crippen LogP contribution in [0.15, 0.2) is 0 Å². The van der Waals surface area contributed by atoms with Crippen molar-refractivity contribution in [3.63, 3.8) is 0 Å². The number of ether oxygens (including phenoxy) is 1. The van der Waals surface area contributed by atoms with Gasteiger partial charge in [-0.25, -0.2) is 4.79 Å². The van der Waals surface area contributed by atoms with Crippen molar-refractivity contribution in [1.82, 2.24) is 4.90 Å². The highest BCUT2D eigenvalue weighted by Gasteiger charge is 2.64. The molecule has 2 fully saturated rings. The van der Waals surface area contributed by atoms with E-state index >= 15 is 0 Å². The summed E-state index contributed by atoms with van der Waals surface area (Å²) in [5.74, 6) is 0.377. The van der Waals surface area contributed by atoms with Crippen molar-refractivity contribution in [2.24, 2.45) is 5.92 Å². The maximum absolute atomic E-state index is 11.8. The van der Waals surface area contributed by atoms with E-state index in [0.29, 0.717) is 12.5 Å². The van der Waals surface area contributed by atoms with Gasteiger partial charge in [0.25, 0.3) is 0 Å².